The van der Waals surface area contributed by atoms with Crippen LogP contribution in [0.5, 0.6) is 0 Å². The average Bonchev–Trinajstić information content (AvgIpc) is 3.01. The van der Waals surface area contributed by atoms with Crippen molar-refractivity contribution in [2.75, 3.05) is 11.9 Å². The lowest BCUT2D eigenvalue weighted by Crippen LogP contribution is -2.45. The summed E-state index contributed by atoms with van der Waals surface area (Å²) in [5.74, 6) is -0.318. The lowest BCUT2D eigenvalue weighted by Gasteiger charge is -2.45. The number of nitrogens with one attached hydrogen (secondary N) is 1. The number of carbonyl (C=O) groups is 1. The molecule has 1 amide bonds. The molecule has 2 heterocycles. The number of aliphatic imine (C=N–C) groups is 1. The maximum atomic E-state index is 14.9. The van der Waals surface area contributed by atoms with Crippen molar-refractivity contribution in [3.8, 4) is 0 Å². The van der Waals surface area contributed by atoms with Gasteiger partial charge < -0.3 is 10.2 Å². The Morgan fingerprint density at radius 2 is 2.00 bits per heavy atom. The number of rotatable bonds is 2. The number of hydrogen-bond acceptors (Lipinski definition) is 4. The van der Waals surface area contributed by atoms with Crippen LogP contribution in [0.2, 0.25) is 5.02 Å². The first-order chi connectivity index (χ1) is 14.1. The number of halogens is 2. The molecule has 1 atom stereocenters. The van der Waals surface area contributed by atoms with Gasteiger partial charge in [-0.15, -0.1) is 0 Å². The second kappa shape index (κ2) is 7.75. The highest BCUT2D eigenvalue weighted by atomic mass is 35.5. The first-order valence-corrected chi connectivity index (χ1v) is 11.0. The van der Waals surface area contributed by atoms with E-state index in [2.05, 4.69) is 36.0 Å². The molecule has 30 heavy (non-hydrogen) atoms. The van der Waals surface area contributed by atoms with Crippen LogP contribution in [0.15, 0.2) is 46.3 Å². The van der Waals surface area contributed by atoms with Crippen LogP contribution in [0, 0.1) is 5.82 Å². The van der Waals surface area contributed by atoms with Gasteiger partial charge in [-0.3, -0.25) is 4.79 Å². The van der Waals surface area contributed by atoms with Gasteiger partial charge in [-0.2, -0.15) is 0 Å². The maximum absolute atomic E-state index is 14.9. The highest BCUT2D eigenvalue weighted by molar-refractivity contribution is 8.18. The summed E-state index contributed by atoms with van der Waals surface area (Å²) in [6.45, 7) is 6.50. The third-order valence-corrected chi connectivity index (χ3v) is 6.91. The maximum Gasteiger partial charge on any atom is 0.264 e. The summed E-state index contributed by atoms with van der Waals surface area (Å²) in [6, 6.07) is 10.5. The average molecular weight is 444 g/mol. The summed E-state index contributed by atoms with van der Waals surface area (Å²) >= 11 is 7.09. The zero-order valence-corrected chi connectivity index (χ0v) is 18.9. The summed E-state index contributed by atoms with van der Waals surface area (Å²) in [5, 5.41) is 3.82. The van der Waals surface area contributed by atoms with E-state index in [-0.39, 0.29) is 17.3 Å². The predicted octanol–water partition coefficient (Wildman–Crippen LogP) is 6.09. The predicted molar refractivity (Wildman–Crippen MR) is 124 cm³/mol. The van der Waals surface area contributed by atoms with Crippen LogP contribution in [0.3, 0.4) is 0 Å². The minimum Gasteiger partial charge on any atom is -0.369 e. The molecular weight excluding hydrogens is 421 g/mol. The Kier molecular flexibility index (Phi) is 5.41. The van der Waals surface area contributed by atoms with E-state index in [0.717, 1.165) is 17.7 Å². The molecule has 2 aliphatic heterocycles. The van der Waals surface area contributed by atoms with Gasteiger partial charge >= 0.3 is 0 Å². The Hall–Kier alpha value is -2.31. The minimum absolute atomic E-state index is 0.0347. The van der Waals surface area contributed by atoms with Crippen molar-refractivity contribution in [1.29, 1.82) is 0 Å². The number of amides is 1. The molecule has 0 bridgehead atoms. The number of nitrogens with zero attached hydrogens (tertiary/aromatic N) is 2. The normalized spacial score (nSPS) is 23.1. The van der Waals surface area contributed by atoms with E-state index >= 15 is 0 Å². The van der Waals surface area contributed by atoms with E-state index in [1.807, 2.05) is 13.1 Å². The monoisotopic (exact) mass is 443 g/mol. The number of thioether (sulfide) groups is 1. The second-order valence-electron chi connectivity index (χ2n) is 8.37. The van der Waals surface area contributed by atoms with Crippen molar-refractivity contribution in [2.24, 2.45) is 4.99 Å². The molecule has 2 aromatic carbocycles. The molecule has 1 saturated heterocycles. The molecule has 7 heteroatoms. The smallest absolute Gasteiger partial charge is 0.264 e. The summed E-state index contributed by atoms with van der Waals surface area (Å²) in [4.78, 5) is 19.4. The fourth-order valence-electron chi connectivity index (χ4n) is 3.97. The molecule has 0 radical (unpaired) electrons. The highest BCUT2D eigenvalue weighted by Gasteiger charge is 2.35. The Morgan fingerprint density at radius 1 is 1.30 bits per heavy atom. The third-order valence-electron chi connectivity index (χ3n) is 5.75. The first kappa shape index (κ1) is 20.9. The molecule has 0 saturated carbocycles. The first-order valence-electron chi connectivity index (χ1n) is 9.76. The van der Waals surface area contributed by atoms with Gasteiger partial charge in [0.05, 0.1) is 10.6 Å². The largest absolute Gasteiger partial charge is 0.369 e. The Balaban J connectivity index is 1.64. The summed E-state index contributed by atoms with van der Waals surface area (Å²) in [6.07, 6.45) is 2.58. The second-order valence-corrected chi connectivity index (χ2v) is 9.83. The lowest BCUT2D eigenvalue weighted by molar-refractivity contribution is -0.115. The molecule has 0 aromatic heterocycles. The number of amidine groups is 1. The molecule has 1 fully saturated rings. The number of anilines is 1. The molecule has 1 unspecified atom stereocenters. The van der Waals surface area contributed by atoms with Gasteiger partial charge in [-0.1, -0.05) is 18.5 Å². The summed E-state index contributed by atoms with van der Waals surface area (Å²) in [7, 11) is 2.00. The van der Waals surface area contributed by atoms with E-state index in [9.17, 15) is 9.18 Å². The van der Waals surface area contributed by atoms with Crippen LogP contribution in [0.1, 0.15) is 44.2 Å². The van der Waals surface area contributed by atoms with Crippen molar-refractivity contribution >= 4 is 51.9 Å². The third kappa shape index (κ3) is 3.98. The standard InChI is InChI=1S/C23H23ClFN3OS/c1-13-12-23(2,3)28(4)19-11-18(25)14(9-17(13)19)10-20-21(29)27-22(30-20)26-16-7-5-15(24)6-8-16/h5-11,13H,12H2,1-4H3,(H,26,27,29)/b20-10+. The van der Waals surface area contributed by atoms with E-state index in [1.165, 1.54) is 11.8 Å². The van der Waals surface area contributed by atoms with E-state index < -0.39 is 0 Å². The van der Waals surface area contributed by atoms with Crippen LogP contribution < -0.4 is 10.2 Å². The molecule has 0 spiro atoms. The van der Waals surface area contributed by atoms with Crippen molar-refractivity contribution in [3.05, 3.63) is 63.3 Å². The van der Waals surface area contributed by atoms with Crippen LogP contribution in [0.25, 0.3) is 6.08 Å². The van der Waals surface area contributed by atoms with Gasteiger partial charge in [0.1, 0.15) is 5.82 Å². The number of hydrogen-bond donors (Lipinski definition) is 1. The Labute approximate surface area is 185 Å². The molecule has 4 rings (SSSR count). The summed E-state index contributed by atoms with van der Waals surface area (Å²) < 4.78 is 14.9. The zero-order chi connectivity index (χ0) is 21.6. The fourth-order valence-corrected chi connectivity index (χ4v) is 4.93. The van der Waals surface area contributed by atoms with E-state index in [1.54, 1.807) is 36.4 Å². The van der Waals surface area contributed by atoms with E-state index in [0.29, 0.717) is 32.3 Å². The molecule has 156 valence electrons. The van der Waals surface area contributed by atoms with Gasteiger partial charge in [0.2, 0.25) is 0 Å². The van der Waals surface area contributed by atoms with Crippen LogP contribution >= 0.6 is 23.4 Å². The number of benzene rings is 2. The van der Waals surface area contributed by atoms with Crippen molar-refractivity contribution in [1.82, 2.24) is 5.32 Å². The number of fused-ring (bicyclic) bond motifs is 1. The van der Waals surface area contributed by atoms with Crippen molar-refractivity contribution in [2.45, 2.75) is 38.6 Å². The lowest BCUT2D eigenvalue weighted by atomic mass is 9.80. The molecule has 4 nitrogen and oxygen atoms in total. The van der Waals surface area contributed by atoms with Gasteiger partial charge in [0.25, 0.3) is 5.91 Å². The number of carbonyl (C=O) groups excluding carboxylic acids is 1. The summed E-state index contributed by atoms with van der Waals surface area (Å²) in [5.41, 5.74) is 3.07. The topological polar surface area (TPSA) is 44.7 Å². The van der Waals surface area contributed by atoms with Crippen molar-refractivity contribution in [3.63, 3.8) is 0 Å². The SMILES string of the molecule is CC1CC(C)(C)N(C)c2cc(F)c(/C=C3/SC(=Nc4ccc(Cl)cc4)NC3=O)cc21. The van der Waals surface area contributed by atoms with Gasteiger partial charge in [-0.05, 0) is 86.0 Å². The Morgan fingerprint density at radius 3 is 2.70 bits per heavy atom. The van der Waals surface area contributed by atoms with Crippen LogP contribution in [0.4, 0.5) is 15.8 Å². The Bertz CT molecular complexity index is 1080. The molecule has 0 aliphatic carbocycles. The molecule has 1 N–H and O–H groups in total. The molecular formula is C23H23ClFN3OS. The fraction of sp³-hybridized carbons (Fsp3) is 0.304. The molecule has 2 aromatic rings. The van der Waals surface area contributed by atoms with Crippen molar-refractivity contribution < 1.29 is 9.18 Å². The zero-order valence-electron chi connectivity index (χ0n) is 17.3. The van der Waals surface area contributed by atoms with Gasteiger partial charge in [0.15, 0.2) is 5.17 Å². The quantitative estimate of drug-likeness (QED) is 0.571. The van der Waals surface area contributed by atoms with E-state index in [4.69, 9.17) is 11.6 Å². The van der Waals surface area contributed by atoms with Crippen LogP contribution in [-0.4, -0.2) is 23.7 Å². The van der Waals surface area contributed by atoms with Crippen LogP contribution in [-0.2, 0) is 4.79 Å². The minimum atomic E-state index is -0.338. The highest BCUT2D eigenvalue weighted by Crippen LogP contribution is 2.43. The van der Waals surface area contributed by atoms with Gasteiger partial charge in [0, 0.05) is 28.9 Å². The van der Waals surface area contributed by atoms with Gasteiger partial charge in [-0.25, -0.2) is 9.38 Å². The molecule has 2 aliphatic rings.